The molecule has 1 aliphatic carbocycles. The van der Waals surface area contributed by atoms with Crippen LogP contribution < -0.4 is 5.32 Å². The molecular weight excluding hydrogens is 432 g/mol. The molecule has 4 heteroatoms. The summed E-state index contributed by atoms with van der Waals surface area (Å²) in [6, 6.07) is 18.7. The minimum atomic E-state index is -0.420. The molecule has 0 unspecified atom stereocenters. The Hall–Kier alpha value is -2.62. The number of hydrogen-bond acceptors (Lipinski definition) is 2. The molecule has 2 aromatic rings. The molecular formula is C31H44N2O2. The van der Waals surface area contributed by atoms with Crippen LogP contribution in [0.15, 0.2) is 54.6 Å². The largest absolute Gasteiger partial charge is 0.352 e. The van der Waals surface area contributed by atoms with Gasteiger partial charge >= 0.3 is 0 Å². The van der Waals surface area contributed by atoms with Gasteiger partial charge < -0.3 is 10.2 Å². The molecule has 35 heavy (non-hydrogen) atoms. The second kappa shape index (κ2) is 12.9. The quantitative estimate of drug-likeness (QED) is 0.443. The second-order valence-electron chi connectivity index (χ2n) is 11.0. The maximum atomic E-state index is 13.5. The Morgan fingerprint density at radius 2 is 1.54 bits per heavy atom. The minimum Gasteiger partial charge on any atom is -0.352 e. The monoisotopic (exact) mass is 476 g/mol. The van der Waals surface area contributed by atoms with Crippen LogP contribution in [0.5, 0.6) is 0 Å². The number of rotatable bonds is 10. The van der Waals surface area contributed by atoms with Crippen molar-refractivity contribution >= 4 is 11.8 Å². The molecule has 0 spiro atoms. The third kappa shape index (κ3) is 8.23. The fourth-order valence-corrected chi connectivity index (χ4v) is 5.01. The van der Waals surface area contributed by atoms with Gasteiger partial charge in [0, 0.05) is 19.0 Å². The first kappa shape index (κ1) is 27.0. The molecule has 4 nitrogen and oxygen atoms in total. The lowest BCUT2D eigenvalue weighted by molar-refractivity contribution is -0.141. The van der Waals surface area contributed by atoms with Crippen LogP contribution in [0.2, 0.25) is 0 Å². The van der Waals surface area contributed by atoms with E-state index in [0.717, 1.165) is 24.8 Å². The van der Waals surface area contributed by atoms with Gasteiger partial charge in [0.1, 0.15) is 6.04 Å². The molecule has 3 rings (SSSR count). The molecule has 1 N–H and O–H groups in total. The molecule has 1 atom stereocenters. The molecule has 0 bridgehead atoms. The molecule has 1 aliphatic rings. The van der Waals surface area contributed by atoms with Crippen molar-refractivity contribution in [3.8, 4) is 0 Å². The molecule has 0 radical (unpaired) electrons. The van der Waals surface area contributed by atoms with E-state index >= 15 is 0 Å². The number of carbonyl (C=O) groups is 2. The number of nitrogens with one attached hydrogen (secondary N) is 1. The van der Waals surface area contributed by atoms with E-state index in [1.807, 2.05) is 30.0 Å². The van der Waals surface area contributed by atoms with Crippen LogP contribution in [0.3, 0.4) is 0 Å². The van der Waals surface area contributed by atoms with Crippen molar-refractivity contribution in [2.45, 2.75) is 103 Å². The standard InChI is InChI=1S/C31H44N2O2/c1-5-28(30(35)32-27-14-10-7-11-15-27)33(23-22-24-12-8-6-9-13-24)29(34)21-18-25-16-19-26(20-17-25)31(2,3)4/h6,8-9,12-13,16-17,19-20,27-28H,5,7,10-11,14-15,18,21-23H2,1-4H3,(H,32,35)/t28-/m1/s1. The van der Waals surface area contributed by atoms with Gasteiger partial charge in [0.05, 0.1) is 0 Å². The summed E-state index contributed by atoms with van der Waals surface area (Å²) in [6.45, 7) is 9.19. The van der Waals surface area contributed by atoms with Gasteiger partial charge in [-0.1, -0.05) is 102 Å². The predicted octanol–water partition coefficient (Wildman–Crippen LogP) is 6.22. The first-order chi connectivity index (χ1) is 16.8. The fourth-order valence-electron chi connectivity index (χ4n) is 5.01. The third-order valence-corrected chi connectivity index (χ3v) is 7.27. The molecule has 0 heterocycles. The third-order valence-electron chi connectivity index (χ3n) is 7.27. The summed E-state index contributed by atoms with van der Waals surface area (Å²) >= 11 is 0. The van der Waals surface area contributed by atoms with E-state index in [-0.39, 0.29) is 23.3 Å². The normalized spacial score (nSPS) is 15.4. The Bertz CT molecular complexity index is 925. The zero-order chi connectivity index (χ0) is 25.3. The predicted molar refractivity (Wildman–Crippen MR) is 144 cm³/mol. The fraction of sp³-hybridized carbons (Fsp3) is 0.548. The first-order valence-electron chi connectivity index (χ1n) is 13.5. The lowest BCUT2D eigenvalue weighted by Gasteiger charge is -2.33. The van der Waals surface area contributed by atoms with Gasteiger partial charge in [-0.15, -0.1) is 0 Å². The highest BCUT2D eigenvalue weighted by Gasteiger charge is 2.29. The molecule has 2 aromatic carbocycles. The van der Waals surface area contributed by atoms with Gasteiger partial charge in [0.25, 0.3) is 0 Å². The molecule has 0 aromatic heterocycles. The van der Waals surface area contributed by atoms with Crippen LogP contribution >= 0.6 is 0 Å². The molecule has 1 fully saturated rings. The first-order valence-corrected chi connectivity index (χ1v) is 13.5. The van der Waals surface area contributed by atoms with Crippen molar-refractivity contribution in [2.24, 2.45) is 0 Å². The zero-order valence-corrected chi connectivity index (χ0v) is 22.2. The Kier molecular flexibility index (Phi) is 9.94. The smallest absolute Gasteiger partial charge is 0.243 e. The van der Waals surface area contributed by atoms with Crippen molar-refractivity contribution in [2.75, 3.05) is 6.54 Å². The van der Waals surface area contributed by atoms with E-state index in [4.69, 9.17) is 0 Å². The van der Waals surface area contributed by atoms with Gasteiger partial charge in [0.15, 0.2) is 0 Å². The Morgan fingerprint density at radius 3 is 2.14 bits per heavy atom. The van der Waals surface area contributed by atoms with Gasteiger partial charge in [-0.25, -0.2) is 0 Å². The lowest BCUT2D eigenvalue weighted by Crippen LogP contribution is -2.52. The second-order valence-corrected chi connectivity index (χ2v) is 11.0. The van der Waals surface area contributed by atoms with E-state index in [1.54, 1.807) is 0 Å². The van der Waals surface area contributed by atoms with Crippen LogP contribution in [-0.4, -0.2) is 35.3 Å². The van der Waals surface area contributed by atoms with Crippen molar-refractivity contribution < 1.29 is 9.59 Å². The van der Waals surface area contributed by atoms with Crippen LogP contribution in [0.1, 0.15) is 89.3 Å². The Balaban J connectivity index is 1.69. The van der Waals surface area contributed by atoms with E-state index in [9.17, 15) is 9.59 Å². The topological polar surface area (TPSA) is 49.4 Å². The summed E-state index contributed by atoms with van der Waals surface area (Å²) in [5.41, 5.74) is 3.75. The summed E-state index contributed by atoms with van der Waals surface area (Å²) in [4.78, 5) is 28.6. The molecule has 2 amide bonds. The number of carbonyl (C=O) groups excluding carboxylic acids is 2. The molecule has 1 saturated carbocycles. The summed E-state index contributed by atoms with van der Waals surface area (Å²) in [5, 5.41) is 3.26. The van der Waals surface area contributed by atoms with Crippen LogP contribution in [0.4, 0.5) is 0 Å². The van der Waals surface area contributed by atoms with Crippen molar-refractivity contribution in [1.82, 2.24) is 10.2 Å². The highest BCUT2D eigenvalue weighted by molar-refractivity contribution is 5.88. The average Bonchev–Trinajstić information content (AvgIpc) is 2.86. The van der Waals surface area contributed by atoms with Gasteiger partial charge in [0.2, 0.25) is 11.8 Å². The van der Waals surface area contributed by atoms with E-state index < -0.39 is 6.04 Å². The zero-order valence-electron chi connectivity index (χ0n) is 22.2. The molecule has 0 saturated heterocycles. The molecule has 190 valence electrons. The number of hydrogen-bond donors (Lipinski definition) is 1. The number of benzene rings is 2. The minimum absolute atomic E-state index is 0.00958. The maximum absolute atomic E-state index is 13.5. The molecule has 0 aliphatic heterocycles. The van der Waals surface area contributed by atoms with Crippen molar-refractivity contribution in [3.63, 3.8) is 0 Å². The summed E-state index contributed by atoms with van der Waals surface area (Å²) in [5.74, 6) is 0.0711. The van der Waals surface area contributed by atoms with E-state index in [1.165, 1.54) is 30.4 Å². The van der Waals surface area contributed by atoms with E-state index in [2.05, 4.69) is 62.5 Å². The average molecular weight is 477 g/mol. The highest BCUT2D eigenvalue weighted by Crippen LogP contribution is 2.23. The SMILES string of the molecule is CC[C@H](C(=O)NC1CCCCC1)N(CCc1ccccc1)C(=O)CCc1ccc(C(C)(C)C)cc1. The van der Waals surface area contributed by atoms with Crippen molar-refractivity contribution in [3.05, 3.63) is 71.3 Å². The van der Waals surface area contributed by atoms with Gasteiger partial charge in [-0.3, -0.25) is 9.59 Å². The van der Waals surface area contributed by atoms with Gasteiger partial charge in [-0.05, 0) is 54.2 Å². The number of amides is 2. The Labute approximate surface area is 212 Å². The summed E-state index contributed by atoms with van der Waals surface area (Å²) in [6.07, 6.45) is 8.16. The Morgan fingerprint density at radius 1 is 0.914 bits per heavy atom. The number of aryl methyl sites for hydroxylation is 1. The van der Waals surface area contributed by atoms with Gasteiger partial charge in [-0.2, -0.15) is 0 Å². The van der Waals surface area contributed by atoms with Crippen LogP contribution in [0, 0.1) is 0 Å². The summed E-state index contributed by atoms with van der Waals surface area (Å²) < 4.78 is 0. The lowest BCUT2D eigenvalue weighted by atomic mass is 9.86. The highest BCUT2D eigenvalue weighted by atomic mass is 16.2. The van der Waals surface area contributed by atoms with Crippen molar-refractivity contribution in [1.29, 1.82) is 0 Å². The number of nitrogens with zero attached hydrogens (tertiary/aromatic N) is 1. The maximum Gasteiger partial charge on any atom is 0.243 e. The van der Waals surface area contributed by atoms with Crippen LogP contribution in [-0.2, 0) is 27.8 Å². The summed E-state index contributed by atoms with van der Waals surface area (Å²) in [7, 11) is 0. The van der Waals surface area contributed by atoms with E-state index in [0.29, 0.717) is 25.8 Å². The van der Waals surface area contributed by atoms with Crippen LogP contribution in [0.25, 0.3) is 0 Å².